The lowest BCUT2D eigenvalue weighted by Gasteiger charge is -2.44. The van der Waals surface area contributed by atoms with E-state index < -0.39 is 0 Å². The van der Waals surface area contributed by atoms with E-state index in [0.717, 1.165) is 31.9 Å². The van der Waals surface area contributed by atoms with Crippen molar-refractivity contribution < 1.29 is 14.3 Å². The summed E-state index contributed by atoms with van der Waals surface area (Å²) >= 11 is 2.06. The van der Waals surface area contributed by atoms with Crippen molar-refractivity contribution in [3.8, 4) is 0 Å². The molecule has 108 valence electrons. The predicted molar refractivity (Wildman–Crippen MR) is 75.1 cm³/mol. The maximum absolute atomic E-state index is 12.5. The van der Waals surface area contributed by atoms with Gasteiger partial charge in [-0.1, -0.05) is 12.8 Å². The summed E-state index contributed by atoms with van der Waals surface area (Å²) in [4.78, 5) is 14.6. The van der Waals surface area contributed by atoms with Crippen LogP contribution in [-0.2, 0) is 14.3 Å². The first kappa shape index (κ1) is 13.7. The molecule has 2 heterocycles. The van der Waals surface area contributed by atoms with Crippen molar-refractivity contribution in [3.05, 3.63) is 0 Å². The number of rotatable bonds is 2. The quantitative estimate of drug-likeness (QED) is 0.778. The van der Waals surface area contributed by atoms with Crippen LogP contribution in [0.5, 0.6) is 0 Å². The number of thioether (sulfide) groups is 1. The maximum Gasteiger partial charge on any atom is 0.228 e. The van der Waals surface area contributed by atoms with Crippen LogP contribution < -0.4 is 0 Å². The van der Waals surface area contributed by atoms with Crippen LogP contribution in [0.15, 0.2) is 0 Å². The molecule has 3 aliphatic rings. The third-order valence-electron chi connectivity index (χ3n) is 4.29. The fraction of sp³-hybridized carbons (Fsp3) is 0.929. The average molecular weight is 285 g/mol. The highest BCUT2D eigenvalue weighted by Crippen LogP contribution is 2.35. The van der Waals surface area contributed by atoms with Crippen molar-refractivity contribution in [2.45, 2.75) is 56.1 Å². The highest BCUT2D eigenvalue weighted by Gasteiger charge is 2.37. The summed E-state index contributed by atoms with van der Waals surface area (Å²) in [7, 11) is 0. The topological polar surface area (TPSA) is 38.8 Å². The predicted octanol–water partition coefficient (Wildman–Crippen LogP) is 2.03. The molecule has 0 bridgehead atoms. The summed E-state index contributed by atoms with van der Waals surface area (Å²) in [5.41, 5.74) is 0. The highest BCUT2D eigenvalue weighted by atomic mass is 32.2. The maximum atomic E-state index is 12.5. The van der Waals surface area contributed by atoms with E-state index in [9.17, 15) is 4.79 Å². The molecule has 2 saturated heterocycles. The summed E-state index contributed by atoms with van der Waals surface area (Å²) < 4.78 is 11.0. The molecule has 0 N–H and O–H groups in total. The zero-order valence-corrected chi connectivity index (χ0v) is 12.2. The summed E-state index contributed by atoms with van der Waals surface area (Å²) in [6.07, 6.45) is 6.07. The van der Waals surface area contributed by atoms with E-state index >= 15 is 0 Å². The van der Waals surface area contributed by atoms with E-state index in [1.165, 1.54) is 25.7 Å². The number of nitrogens with zero attached hydrogens (tertiary/aromatic N) is 1. The van der Waals surface area contributed by atoms with Gasteiger partial charge in [0.2, 0.25) is 5.91 Å². The molecule has 3 rings (SSSR count). The Labute approximate surface area is 119 Å². The number of carbonyl (C=O) groups is 1. The Kier molecular flexibility index (Phi) is 4.66. The Hall–Kier alpha value is -0.260. The van der Waals surface area contributed by atoms with Crippen molar-refractivity contribution in [1.82, 2.24) is 4.90 Å². The lowest BCUT2D eigenvalue weighted by Crippen LogP contribution is -2.52. The monoisotopic (exact) mass is 285 g/mol. The van der Waals surface area contributed by atoms with Gasteiger partial charge in [-0.3, -0.25) is 4.79 Å². The lowest BCUT2D eigenvalue weighted by molar-refractivity contribution is -0.187. The normalized spacial score (nSPS) is 32.9. The van der Waals surface area contributed by atoms with E-state index in [-0.39, 0.29) is 12.2 Å². The van der Waals surface area contributed by atoms with Crippen molar-refractivity contribution in [2.75, 3.05) is 25.5 Å². The summed E-state index contributed by atoms with van der Waals surface area (Å²) in [6, 6.07) is 0.462. The first-order valence-corrected chi connectivity index (χ1v) is 8.54. The molecule has 1 aliphatic carbocycles. The molecule has 1 saturated carbocycles. The van der Waals surface area contributed by atoms with Crippen molar-refractivity contribution >= 4 is 17.7 Å². The number of ether oxygens (including phenoxy) is 2. The summed E-state index contributed by atoms with van der Waals surface area (Å²) in [5, 5.41) is 0.666. The first-order valence-electron chi connectivity index (χ1n) is 7.49. The number of amides is 1. The Balaban J connectivity index is 1.58. The van der Waals surface area contributed by atoms with E-state index in [1.807, 2.05) is 0 Å². The van der Waals surface area contributed by atoms with Crippen LogP contribution in [0, 0.1) is 0 Å². The minimum Gasteiger partial charge on any atom is -0.352 e. The highest BCUT2D eigenvalue weighted by molar-refractivity contribution is 8.00. The fourth-order valence-electron chi connectivity index (χ4n) is 3.32. The van der Waals surface area contributed by atoms with Gasteiger partial charge in [-0.2, -0.15) is 11.8 Å². The molecule has 0 aromatic heterocycles. The zero-order chi connectivity index (χ0) is 13.1. The molecule has 1 amide bonds. The Morgan fingerprint density at radius 3 is 2.79 bits per heavy atom. The molecule has 5 heteroatoms. The number of hydrogen-bond donors (Lipinski definition) is 0. The van der Waals surface area contributed by atoms with Gasteiger partial charge in [-0.15, -0.1) is 0 Å². The SMILES string of the molecule is O=C(CC1OCCCO1)N1CCS[C@H]2CCCC[C@H]21. The molecule has 0 aromatic rings. The second-order valence-electron chi connectivity index (χ2n) is 5.58. The molecule has 2 aliphatic heterocycles. The second-order valence-corrected chi connectivity index (χ2v) is 6.92. The molecule has 4 nitrogen and oxygen atoms in total. The van der Waals surface area contributed by atoms with Gasteiger partial charge in [0.15, 0.2) is 6.29 Å². The van der Waals surface area contributed by atoms with Gasteiger partial charge in [-0.25, -0.2) is 0 Å². The molecular formula is C14H23NO3S. The number of fused-ring (bicyclic) bond motifs is 1. The average Bonchev–Trinajstić information content (AvgIpc) is 2.47. The van der Waals surface area contributed by atoms with Gasteiger partial charge in [0.25, 0.3) is 0 Å². The molecular weight excluding hydrogens is 262 g/mol. The second kappa shape index (κ2) is 6.46. The van der Waals surface area contributed by atoms with Crippen LogP contribution in [0.4, 0.5) is 0 Å². The third kappa shape index (κ3) is 3.26. The first-order chi connectivity index (χ1) is 9.34. The van der Waals surface area contributed by atoms with Crippen molar-refractivity contribution in [2.24, 2.45) is 0 Å². The largest absolute Gasteiger partial charge is 0.352 e. The number of hydrogen-bond acceptors (Lipinski definition) is 4. The van der Waals surface area contributed by atoms with E-state index in [1.54, 1.807) is 0 Å². The third-order valence-corrected chi connectivity index (χ3v) is 5.69. The van der Waals surface area contributed by atoms with Gasteiger partial charge < -0.3 is 14.4 Å². The van der Waals surface area contributed by atoms with E-state index in [2.05, 4.69) is 16.7 Å². The van der Waals surface area contributed by atoms with Crippen LogP contribution in [0.2, 0.25) is 0 Å². The van der Waals surface area contributed by atoms with Crippen LogP contribution in [0.3, 0.4) is 0 Å². The molecule has 19 heavy (non-hydrogen) atoms. The van der Waals surface area contributed by atoms with Crippen LogP contribution >= 0.6 is 11.8 Å². The summed E-state index contributed by atoms with van der Waals surface area (Å²) in [5.74, 6) is 1.31. The minimum atomic E-state index is -0.308. The van der Waals surface area contributed by atoms with Crippen LogP contribution in [-0.4, -0.2) is 53.9 Å². The zero-order valence-electron chi connectivity index (χ0n) is 11.4. The van der Waals surface area contributed by atoms with Gasteiger partial charge in [0.1, 0.15) is 0 Å². The van der Waals surface area contributed by atoms with E-state index in [4.69, 9.17) is 9.47 Å². The van der Waals surface area contributed by atoms with Gasteiger partial charge in [0.05, 0.1) is 19.6 Å². The Morgan fingerprint density at radius 1 is 1.16 bits per heavy atom. The molecule has 0 unspecified atom stereocenters. The van der Waals surface area contributed by atoms with Crippen LogP contribution in [0.25, 0.3) is 0 Å². The Morgan fingerprint density at radius 2 is 1.95 bits per heavy atom. The molecule has 0 radical (unpaired) electrons. The minimum absolute atomic E-state index is 0.226. The molecule has 0 aromatic carbocycles. The Bertz CT molecular complexity index is 318. The van der Waals surface area contributed by atoms with Crippen LogP contribution in [0.1, 0.15) is 38.5 Å². The molecule has 0 spiro atoms. The molecule has 3 fully saturated rings. The fourth-order valence-corrected chi connectivity index (χ4v) is 4.76. The number of carbonyl (C=O) groups excluding carboxylic acids is 1. The van der Waals surface area contributed by atoms with E-state index in [0.29, 0.717) is 17.7 Å². The van der Waals surface area contributed by atoms with Crippen molar-refractivity contribution in [3.63, 3.8) is 0 Å². The molecule has 2 atom stereocenters. The standard InChI is InChI=1S/C14H23NO3S/c16-13(10-14-17-7-3-8-18-14)15-6-9-19-12-5-2-1-4-11(12)15/h11-12,14H,1-10H2/t11-,12+/m1/s1. The van der Waals surface area contributed by atoms with Crippen molar-refractivity contribution in [1.29, 1.82) is 0 Å². The lowest BCUT2D eigenvalue weighted by atomic mass is 9.93. The van der Waals surface area contributed by atoms with Gasteiger partial charge in [-0.05, 0) is 19.3 Å². The van der Waals surface area contributed by atoms with Gasteiger partial charge >= 0.3 is 0 Å². The van der Waals surface area contributed by atoms with Gasteiger partial charge in [0, 0.05) is 23.6 Å². The summed E-state index contributed by atoms with van der Waals surface area (Å²) in [6.45, 7) is 2.34. The smallest absolute Gasteiger partial charge is 0.228 e.